The summed E-state index contributed by atoms with van der Waals surface area (Å²) in [6.07, 6.45) is 4.47. The van der Waals surface area contributed by atoms with Crippen molar-refractivity contribution < 1.29 is 9.53 Å². The van der Waals surface area contributed by atoms with Crippen LogP contribution in [0.5, 0.6) is 0 Å². The molecule has 0 aromatic carbocycles. The molecule has 1 saturated heterocycles. The summed E-state index contributed by atoms with van der Waals surface area (Å²) in [4.78, 5) is 14.2. The largest absolute Gasteiger partial charge is 0.444 e. The molecule has 0 spiro atoms. The quantitative estimate of drug-likeness (QED) is 0.792. The Hall–Kier alpha value is -1.28. The molecule has 120 valence electrons. The molecule has 1 amide bonds. The van der Waals surface area contributed by atoms with Crippen molar-refractivity contribution in [3.63, 3.8) is 0 Å². The third-order valence-corrected chi connectivity index (χ3v) is 3.61. The van der Waals surface area contributed by atoms with Gasteiger partial charge in [0.15, 0.2) is 0 Å². The highest BCUT2D eigenvalue weighted by molar-refractivity contribution is 5.68. The van der Waals surface area contributed by atoms with Crippen molar-refractivity contribution in [3.8, 4) is 6.07 Å². The van der Waals surface area contributed by atoms with Gasteiger partial charge >= 0.3 is 6.09 Å². The van der Waals surface area contributed by atoms with Crippen molar-refractivity contribution in [2.75, 3.05) is 13.1 Å². The summed E-state index contributed by atoms with van der Waals surface area (Å²) in [5.41, 5.74) is -0.449. The van der Waals surface area contributed by atoms with E-state index in [9.17, 15) is 4.79 Å². The van der Waals surface area contributed by atoms with Crippen LogP contribution in [-0.2, 0) is 4.74 Å². The van der Waals surface area contributed by atoms with E-state index in [1.165, 1.54) is 0 Å². The van der Waals surface area contributed by atoms with E-state index in [2.05, 4.69) is 18.3 Å². The molecule has 5 heteroatoms. The summed E-state index contributed by atoms with van der Waals surface area (Å²) < 4.78 is 5.51. The molecule has 0 saturated carbocycles. The summed E-state index contributed by atoms with van der Waals surface area (Å²) in [5.74, 6) is 0. The Balaban J connectivity index is 2.53. The highest BCUT2D eigenvalue weighted by atomic mass is 16.6. The predicted octanol–water partition coefficient (Wildman–Crippen LogP) is 3.06. The molecule has 1 rings (SSSR count). The maximum atomic E-state index is 12.3. The molecule has 0 aromatic heterocycles. The Kier molecular flexibility index (Phi) is 6.97. The maximum Gasteiger partial charge on any atom is 0.410 e. The van der Waals surface area contributed by atoms with Crippen molar-refractivity contribution in [3.05, 3.63) is 0 Å². The van der Waals surface area contributed by atoms with Gasteiger partial charge in [-0.05, 0) is 53.4 Å². The Labute approximate surface area is 128 Å². The topological polar surface area (TPSA) is 65.4 Å². The number of carbonyl (C=O) groups excluding carboxylic acids is 1. The van der Waals surface area contributed by atoms with Crippen molar-refractivity contribution >= 4 is 6.09 Å². The fraction of sp³-hybridized carbons (Fsp3) is 0.875. The Bertz CT molecular complexity index is 371. The average Bonchev–Trinajstić information content (AvgIpc) is 2.37. The van der Waals surface area contributed by atoms with Crippen LogP contribution in [0.1, 0.15) is 59.8 Å². The van der Waals surface area contributed by atoms with Gasteiger partial charge in [-0.2, -0.15) is 5.26 Å². The fourth-order valence-corrected chi connectivity index (χ4v) is 2.67. The number of hydrogen-bond acceptors (Lipinski definition) is 4. The summed E-state index contributed by atoms with van der Waals surface area (Å²) in [7, 11) is 0. The standard InChI is InChI=1S/C16H29N3O2/c1-13(18-10-7-9-17)12-14-8-5-6-11-19(14)15(20)21-16(2,3)4/h13-14,18H,5-8,10-12H2,1-4H3. The van der Waals surface area contributed by atoms with E-state index in [0.29, 0.717) is 19.0 Å². The number of likely N-dealkylation sites (tertiary alicyclic amines) is 1. The smallest absolute Gasteiger partial charge is 0.410 e. The first-order valence-electron chi connectivity index (χ1n) is 7.93. The molecule has 21 heavy (non-hydrogen) atoms. The zero-order chi connectivity index (χ0) is 15.9. The van der Waals surface area contributed by atoms with Crippen LogP contribution in [-0.4, -0.2) is 41.8 Å². The second-order valence-electron chi connectivity index (χ2n) is 6.82. The third kappa shape index (κ3) is 6.81. The van der Waals surface area contributed by atoms with Crippen molar-refractivity contribution in [2.45, 2.75) is 77.5 Å². The van der Waals surface area contributed by atoms with Crippen LogP contribution < -0.4 is 5.32 Å². The number of nitriles is 1. The number of hydrogen-bond donors (Lipinski definition) is 1. The minimum atomic E-state index is -0.449. The number of carbonyl (C=O) groups is 1. The molecular formula is C16H29N3O2. The van der Waals surface area contributed by atoms with Crippen LogP contribution in [0.4, 0.5) is 4.79 Å². The van der Waals surface area contributed by atoms with E-state index in [1.54, 1.807) is 0 Å². The van der Waals surface area contributed by atoms with Crippen molar-refractivity contribution in [2.24, 2.45) is 0 Å². The summed E-state index contributed by atoms with van der Waals surface area (Å²) >= 11 is 0. The van der Waals surface area contributed by atoms with E-state index in [4.69, 9.17) is 10.00 Å². The predicted molar refractivity (Wildman–Crippen MR) is 82.9 cm³/mol. The van der Waals surface area contributed by atoms with Gasteiger partial charge in [-0.1, -0.05) is 0 Å². The van der Waals surface area contributed by atoms with Gasteiger partial charge in [0, 0.05) is 31.6 Å². The number of amides is 1. The highest BCUT2D eigenvalue weighted by Crippen LogP contribution is 2.23. The number of piperidine rings is 1. The third-order valence-electron chi connectivity index (χ3n) is 3.61. The van der Waals surface area contributed by atoms with Crippen LogP contribution in [0, 0.1) is 11.3 Å². The van der Waals surface area contributed by atoms with Gasteiger partial charge in [0.2, 0.25) is 0 Å². The van der Waals surface area contributed by atoms with Gasteiger partial charge in [0.1, 0.15) is 5.60 Å². The molecule has 0 bridgehead atoms. The van der Waals surface area contributed by atoms with Crippen LogP contribution in [0.3, 0.4) is 0 Å². The van der Waals surface area contributed by atoms with Gasteiger partial charge < -0.3 is 15.0 Å². The number of nitrogens with zero attached hydrogens (tertiary/aromatic N) is 2. The zero-order valence-corrected chi connectivity index (χ0v) is 13.8. The van der Waals surface area contributed by atoms with Gasteiger partial charge in [-0.3, -0.25) is 0 Å². The highest BCUT2D eigenvalue weighted by Gasteiger charge is 2.31. The SMILES string of the molecule is CC(CC1CCCCN1C(=O)OC(C)(C)C)NCCC#N. The molecule has 1 heterocycles. The zero-order valence-electron chi connectivity index (χ0n) is 13.8. The molecule has 1 N–H and O–H groups in total. The van der Waals surface area contributed by atoms with Crippen molar-refractivity contribution in [1.82, 2.24) is 10.2 Å². The summed E-state index contributed by atoms with van der Waals surface area (Å²) in [5, 5.41) is 11.9. The summed E-state index contributed by atoms with van der Waals surface area (Å²) in [6, 6.07) is 2.66. The fourth-order valence-electron chi connectivity index (χ4n) is 2.67. The van der Waals surface area contributed by atoms with Gasteiger partial charge in [-0.25, -0.2) is 4.79 Å². The normalized spacial score (nSPS) is 20.7. The molecule has 2 atom stereocenters. The molecule has 0 aromatic rings. The second kappa shape index (κ2) is 8.23. The lowest BCUT2D eigenvalue weighted by Gasteiger charge is -2.38. The lowest BCUT2D eigenvalue weighted by atomic mass is 9.96. The first kappa shape index (κ1) is 17.8. The number of ether oxygens (including phenoxy) is 1. The molecule has 0 aliphatic carbocycles. The second-order valence-corrected chi connectivity index (χ2v) is 6.82. The molecule has 2 unspecified atom stereocenters. The van der Waals surface area contributed by atoms with Gasteiger partial charge in [-0.15, -0.1) is 0 Å². The Morgan fingerprint density at radius 2 is 2.19 bits per heavy atom. The van der Waals surface area contributed by atoms with Crippen LogP contribution in [0.2, 0.25) is 0 Å². The lowest BCUT2D eigenvalue weighted by molar-refractivity contribution is 0.00793. The lowest BCUT2D eigenvalue weighted by Crippen LogP contribution is -2.48. The Morgan fingerprint density at radius 3 is 2.81 bits per heavy atom. The van der Waals surface area contributed by atoms with E-state index >= 15 is 0 Å². The van der Waals surface area contributed by atoms with Gasteiger partial charge in [0.05, 0.1) is 6.07 Å². The van der Waals surface area contributed by atoms with E-state index in [0.717, 1.165) is 32.2 Å². The Morgan fingerprint density at radius 1 is 1.48 bits per heavy atom. The minimum Gasteiger partial charge on any atom is -0.444 e. The first-order valence-corrected chi connectivity index (χ1v) is 7.93. The van der Waals surface area contributed by atoms with Crippen LogP contribution in [0.25, 0.3) is 0 Å². The minimum absolute atomic E-state index is 0.198. The molecule has 1 fully saturated rings. The maximum absolute atomic E-state index is 12.3. The van der Waals surface area contributed by atoms with E-state index in [-0.39, 0.29) is 12.1 Å². The average molecular weight is 295 g/mol. The summed E-state index contributed by atoms with van der Waals surface area (Å²) in [6.45, 7) is 9.29. The van der Waals surface area contributed by atoms with Crippen LogP contribution >= 0.6 is 0 Å². The molecule has 5 nitrogen and oxygen atoms in total. The number of rotatable bonds is 5. The molecule has 0 radical (unpaired) electrons. The van der Waals surface area contributed by atoms with Crippen molar-refractivity contribution in [1.29, 1.82) is 5.26 Å². The van der Waals surface area contributed by atoms with E-state index in [1.807, 2.05) is 25.7 Å². The number of nitrogens with one attached hydrogen (secondary N) is 1. The molecular weight excluding hydrogens is 266 g/mol. The van der Waals surface area contributed by atoms with Gasteiger partial charge in [0.25, 0.3) is 0 Å². The monoisotopic (exact) mass is 295 g/mol. The molecule has 1 aliphatic rings. The van der Waals surface area contributed by atoms with E-state index < -0.39 is 5.60 Å². The van der Waals surface area contributed by atoms with Crippen LogP contribution in [0.15, 0.2) is 0 Å². The molecule has 1 aliphatic heterocycles. The first-order chi connectivity index (χ1) is 9.83.